The zero-order chi connectivity index (χ0) is 16.8. The summed E-state index contributed by atoms with van der Waals surface area (Å²) >= 11 is 0. The Kier molecular flexibility index (Phi) is 5.45. The number of carbonyl (C=O) groups is 1. The number of carboxylic acid groups (broad SMARTS) is 1. The molecule has 0 aliphatic carbocycles. The summed E-state index contributed by atoms with van der Waals surface area (Å²) in [7, 11) is 0. The lowest BCUT2D eigenvalue weighted by Crippen LogP contribution is -2.45. The van der Waals surface area contributed by atoms with Gasteiger partial charge in [0.2, 0.25) is 0 Å². The summed E-state index contributed by atoms with van der Waals surface area (Å²) in [6.45, 7) is 4.24. The fraction of sp³-hybridized carbons (Fsp3) is 0.412. The maximum Gasteiger partial charge on any atom is 0.339 e. The number of aromatic nitrogens is 2. The van der Waals surface area contributed by atoms with Gasteiger partial charge in [-0.1, -0.05) is 12.1 Å². The van der Waals surface area contributed by atoms with Gasteiger partial charge in [0, 0.05) is 32.0 Å². The number of nitrogens with zero attached hydrogens (tertiary/aromatic N) is 3. The minimum atomic E-state index is -0.976. The van der Waals surface area contributed by atoms with Crippen LogP contribution in [0.2, 0.25) is 0 Å². The molecule has 1 N–H and O–H groups in total. The Bertz CT molecular complexity index is 660. The Morgan fingerprint density at radius 3 is 3.04 bits per heavy atom. The van der Waals surface area contributed by atoms with E-state index < -0.39 is 5.97 Å². The van der Waals surface area contributed by atoms with Crippen LogP contribution >= 0.6 is 0 Å². The summed E-state index contributed by atoms with van der Waals surface area (Å²) in [5, 5.41) is 13.4. The third-order valence-electron chi connectivity index (χ3n) is 3.96. The van der Waals surface area contributed by atoms with Crippen LogP contribution in [0, 0.1) is 0 Å². The topological polar surface area (TPSA) is 76.8 Å². The Morgan fingerprint density at radius 1 is 1.38 bits per heavy atom. The Labute approximate surface area is 140 Å². The molecule has 1 aliphatic rings. The molecule has 1 saturated heterocycles. The molecule has 128 valence electrons. The predicted molar refractivity (Wildman–Crippen MR) is 87.3 cm³/mol. The lowest BCUT2D eigenvalue weighted by Gasteiger charge is -2.32. The molecule has 0 bridgehead atoms. The number of rotatable bonds is 7. The van der Waals surface area contributed by atoms with Gasteiger partial charge >= 0.3 is 5.97 Å². The van der Waals surface area contributed by atoms with Crippen LogP contribution < -0.4 is 4.74 Å². The Morgan fingerprint density at radius 2 is 2.25 bits per heavy atom. The predicted octanol–water partition coefficient (Wildman–Crippen LogP) is 1.36. The van der Waals surface area contributed by atoms with Crippen molar-refractivity contribution in [2.45, 2.75) is 12.6 Å². The zero-order valence-electron chi connectivity index (χ0n) is 13.4. The highest BCUT2D eigenvalue weighted by atomic mass is 16.5. The van der Waals surface area contributed by atoms with Crippen molar-refractivity contribution in [2.75, 3.05) is 32.8 Å². The molecule has 1 aliphatic heterocycles. The molecule has 7 nitrogen and oxygen atoms in total. The first-order valence-electron chi connectivity index (χ1n) is 7.99. The second-order valence-electron chi connectivity index (χ2n) is 5.67. The summed E-state index contributed by atoms with van der Waals surface area (Å²) in [5.41, 5.74) is 0.191. The van der Waals surface area contributed by atoms with E-state index in [-0.39, 0.29) is 11.7 Å². The van der Waals surface area contributed by atoms with Crippen LogP contribution in [0.4, 0.5) is 0 Å². The summed E-state index contributed by atoms with van der Waals surface area (Å²) in [6, 6.07) is 8.60. The van der Waals surface area contributed by atoms with Gasteiger partial charge in [0.1, 0.15) is 17.9 Å². The number of hydrogen-bond acceptors (Lipinski definition) is 5. The molecule has 0 amide bonds. The molecule has 24 heavy (non-hydrogen) atoms. The number of morpholine rings is 1. The van der Waals surface area contributed by atoms with Crippen LogP contribution in [-0.2, 0) is 11.3 Å². The normalized spacial score (nSPS) is 18.4. The van der Waals surface area contributed by atoms with E-state index in [0.29, 0.717) is 19.0 Å². The van der Waals surface area contributed by atoms with Crippen molar-refractivity contribution >= 4 is 5.97 Å². The van der Waals surface area contributed by atoms with E-state index >= 15 is 0 Å². The molecule has 1 aromatic heterocycles. The van der Waals surface area contributed by atoms with E-state index in [2.05, 4.69) is 10.00 Å². The number of carboxylic acids is 1. The van der Waals surface area contributed by atoms with Gasteiger partial charge < -0.3 is 14.6 Å². The van der Waals surface area contributed by atoms with Gasteiger partial charge in [-0.2, -0.15) is 5.10 Å². The quantitative estimate of drug-likeness (QED) is 0.825. The van der Waals surface area contributed by atoms with Crippen LogP contribution in [0.1, 0.15) is 10.4 Å². The zero-order valence-corrected chi connectivity index (χ0v) is 13.4. The average Bonchev–Trinajstić information content (AvgIpc) is 3.08. The second-order valence-corrected chi connectivity index (χ2v) is 5.67. The van der Waals surface area contributed by atoms with Crippen molar-refractivity contribution in [1.29, 1.82) is 0 Å². The molecule has 2 aromatic rings. The van der Waals surface area contributed by atoms with Gasteiger partial charge in [-0.25, -0.2) is 4.79 Å². The molecule has 0 saturated carbocycles. The highest BCUT2D eigenvalue weighted by molar-refractivity contribution is 5.90. The molecule has 3 rings (SSSR count). The van der Waals surface area contributed by atoms with Crippen molar-refractivity contribution in [3.63, 3.8) is 0 Å². The first-order chi connectivity index (χ1) is 11.7. The first-order valence-corrected chi connectivity index (χ1v) is 7.99. The highest BCUT2D eigenvalue weighted by Crippen LogP contribution is 2.17. The number of ether oxygens (including phenoxy) is 2. The van der Waals surface area contributed by atoms with Crippen LogP contribution in [0.5, 0.6) is 5.75 Å². The number of para-hydroxylation sites is 1. The molecule has 2 heterocycles. The highest BCUT2D eigenvalue weighted by Gasteiger charge is 2.21. The van der Waals surface area contributed by atoms with Crippen LogP contribution in [0.3, 0.4) is 0 Å². The van der Waals surface area contributed by atoms with E-state index in [1.807, 2.05) is 16.9 Å². The van der Waals surface area contributed by atoms with Crippen molar-refractivity contribution < 1.29 is 19.4 Å². The van der Waals surface area contributed by atoms with Crippen molar-refractivity contribution in [3.05, 3.63) is 48.3 Å². The fourth-order valence-corrected chi connectivity index (χ4v) is 2.76. The van der Waals surface area contributed by atoms with Gasteiger partial charge in [-0.3, -0.25) is 9.58 Å². The Balaban J connectivity index is 1.47. The van der Waals surface area contributed by atoms with Crippen LogP contribution in [0.15, 0.2) is 42.7 Å². The summed E-state index contributed by atoms with van der Waals surface area (Å²) in [5.74, 6) is -0.567. The average molecular weight is 331 g/mol. The molecule has 0 spiro atoms. The lowest BCUT2D eigenvalue weighted by atomic mass is 10.2. The molecule has 1 unspecified atom stereocenters. The minimum Gasteiger partial charge on any atom is -0.491 e. The third-order valence-corrected chi connectivity index (χ3v) is 3.96. The smallest absolute Gasteiger partial charge is 0.339 e. The SMILES string of the molecule is O=C(O)c1ccccc1OCCN1CCOC(Cn2cccn2)C1. The maximum absolute atomic E-state index is 11.2. The molecular formula is C17H21N3O4. The first kappa shape index (κ1) is 16.5. The van der Waals surface area contributed by atoms with Crippen molar-refractivity contribution in [2.24, 2.45) is 0 Å². The van der Waals surface area contributed by atoms with Crippen molar-refractivity contribution in [3.8, 4) is 5.75 Å². The summed E-state index contributed by atoms with van der Waals surface area (Å²) in [4.78, 5) is 13.4. The molecular weight excluding hydrogens is 310 g/mol. The molecule has 1 fully saturated rings. The van der Waals surface area contributed by atoms with E-state index in [4.69, 9.17) is 14.6 Å². The van der Waals surface area contributed by atoms with Gasteiger partial charge in [0.15, 0.2) is 0 Å². The van der Waals surface area contributed by atoms with E-state index in [1.165, 1.54) is 0 Å². The summed E-state index contributed by atoms with van der Waals surface area (Å²) < 4.78 is 13.3. The van der Waals surface area contributed by atoms with Crippen LogP contribution in [-0.4, -0.2) is 64.7 Å². The van der Waals surface area contributed by atoms with Gasteiger partial charge in [-0.15, -0.1) is 0 Å². The number of aromatic carboxylic acids is 1. The van der Waals surface area contributed by atoms with Gasteiger partial charge in [0.05, 0.1) is 19.3 Å². The van der Waals surface area contributed by atoms with E-state index in [9.17, 15) is 4.79 Å². The molecule has 0 radical (unpaired) electrons. The standard InChI is InChI=1S/C17H21N3O4/c21-17(22)15-4-1-2-5-16(15)24-11-9-19-8-10-23-14(12-19)13-20-7-3-6-18-20/h1-7,14H,8-13H2,(H,21,22). The van der Waals surface area contributed by atoms with E-state index in [0.717, 1.165) is 26.2 Å². The number of hydrogen-bond donors (Lipinski definition) is 1. The maximum atomic E-state index is 11.2. The van der Waals surface area contributed by atoms with Gasteiger partial charge in [-0.05, 0) is 18.2 Å². The lowest BCUT2D eigenvalue weighted by molar-refractivity contribution is -0.0401. The van der Waals surface area contributed by atoms with E-state index in [1.54, 1.807) is 30.5 Å². The monoisotopic (exact) mass is 331 g/mol. The fourth-order valence-electron chi connectivity index (χ4n) is 2.76. The molecule has 7 heteroatoms. The second kappa shape index (κ2) is 7.94. The van der Waals surface area contributed by atoms with Crippen molar-refractivity contribution in [1.82, 2.24) is 14.7 Å². The van der Waals surface area contributed by atoms with Gasteiger partial charge in [0.25, 0.3) is 0 Å². The van der Waals surface area contributed by atoms with Crippen LogP contribution in [0.25, 0.3) is 0 Å². The Hall–Kier alpha value is -2.38. The molecule has 1 atom stereocenters. The third kappa shape index (κ3) is 4.33. The molecule has 1 aromatic carbocycles. The minimum absolute atomic E-state index is 0.102. The summed E-state index contributed by atoms with van der Waals surface area (Å²) in [6.07, 6.45) is 3.78. The number of benzene rings is 1. The largest absolute Gasteiger partial charge is 0.491 e.